The van der Waals surface area contributed by atoms with Gasteiger partial charge >= 0.3 is 0 Å². The van der Waals surface area contributed by atoms with Gasteiger partial charge in [-0.15, -0.1) is 0 Å². The number of halogens is 1. The Morgan fingerprint density at radius 2 is 1.70 bits per heavy atom. The standard InChI is InChI=1S/C21H20ClN3O2/c1-2-15-3-7-17(8-4-15)24-20-12-9-18(13-23-20)25-21(26)14-27-19-10-5-16(22)6-11-19/h3-13H,2,14H2,1H3,(H,23,24)(H,25,26). The fourth-order valence-electron chi connectivity index (χ4n) is 2.39. The largest absolute Gasteiger partial charge is 0.484 e. The van der Waals surface area contributed by atoms with Crippen LogP contribution in [0.25, 0.3) is 0 Å². The van der Waals surface area contributed by atoms with Crippen molar-refractivity contribution in [1.29, 1.82) is 0 Å². The Bertz CT molecular complexity index is 879. The number of hydrogen-bond donors (Lipinski definition) is 2. The molecule has 0 saturated heterocycles. The molecule has 1 aromatic heterocycles. The molecule has 0 aliphatic carbocycles. The Balaban J connectivity index is 1.50. The summed E-state index contributed by atoms with van der Waals surface area (Å²) in [5.74, 6) is 1.03. The van der Waals surface area contributed by atoms with E-state index in [0.717, 1.165) is 12.1 Å². The van der Waals surface area contributed by atoms with E-state index in [9.17, 15) is 4.79 Å². The first kappa shape index (κ1) is 18.7. The van der Waals surface area contributed by atoms with Gasteiger partial charge in [0.25, 0.3) is 5.91 Å². The first-order valence-corrected chi connectivity index (χ1v) is 9.00. The van der Waals surface area contributed by atoms with Crippen molar-refractivity contribution in [1.82, 2.24) is 4.98 Å². The van der Waals surface area contributed by atoms with E-state index in [2.05, 4.69) is 34.7 Å². The van der Waals surface area contributed by atoms with Crippen molar-refractivity contribution < 1.29 is 9.53 Å². The van der Waals surface area contributed by atoms with Crippen LogP contribution in [0.5, 0.6) is 5.75 Å². The van der Waals surface area contributed by atoms with Crippen LogP contribution in [0.3, 0.4) is 0 Å². The van der Waals surface area contributed by atoms with Crippen LogP contribution in [0.15, 0.2) is 66.9 Å². The zero-order valence-corrected chi connectivity index (χ0v) is 15.7. The van der Waals surface area contributed by atoms with Crippen LogP contribution in [-0.2, 0) is 11.2 Å². The van der Waals surface area contributed by atoms with Crippen molar-refractivity contribution in [3.05, 3.63) is 77.4 Å². The average Bonchev–Trinajstić information content (AvgIpc) is 2.70. The first-order valence-electron chi connectivity index (χ1n) is 8.62. The predicted molar refractivity (Wildman–Crippen MR) is 109 cm³/mol. The minimum Gasteiger partial charge on any atom is -0.484 e. The maximum Gasteiger partial charge on any atom is 0.262 e. The van der Waals surface area contributed by atoms with Crippen LogP contribution in [0, 0.1) is 0 Å². The molecule has 138 valence electrons. The Morgan fingerprint density at radius 3 is 2.33 bits per heavy atom. The molecule has 6 heteroatoms. The second-order valence-corrected chi connectivity index (χ2v) is 6.33. The topological polar surface area (TPSA) is 63.2 Å². The van der Waals surface area contributed by atoms with Crippen LogP contribution >= 0.6 is 11.6 Å². The maximum atomic E-state index is 12.0. The lowest BCUT2D eigenvalue weighted by atomic mass is 10.1. The number of rotatable bonds is 7. The van der Waals surface area contributed by atoms with Crippen LogP contribution in [0.1, 0.15) is 12.5 Å². The summed E-state index contributed by atoms with van der Waals surface area (Å²) in [6, 6.07) is 18.6. The van der Waals surface area contributed by atoms with E-state index in [0.29, 0.717) is 22.3 Å². The van der Waals surface area contributed by atoms with E-state index < -0.39 is 0 Å². The Morgan fingerprint density at radius 1 is 1.00 bits per heavy atom. The van der Waals surface area contributed by atoms with Crippen LogP contribution in [0.4, 0.5) is 17.2 Å². The van der Waals surface area contributed by atoms with E-state index in [1.807, 2.05) is 18.2 Å². The number of nitrogens with zero attached hydrogens (tertiary/aromatic N) is 1. The summed E-state index contributed by atoms with van der Waals surface area (Å²) in [6.07, 6.45) is 2.61. The highest BCUT2D eigenvalue weighted by Gasteiger charge is 2.05. The number of benzene rings is 2. The smallest absolute Gasteiger partial charge is 0.262 e. The van der Waals surface area contributed by atoms with Crippen molar-refractivity contribution >= 4 is 34.7 Å². The lowest BCUT2D eigenvalue weighted by Gasteiger charge is -2.09. The minimum atomic E-state index is -0.261. The van der Waals surface area contributed by atoms with Crippen molar-refractivity contribution in [3.8, 4) is 5.75 Å². The van der Waals surface area contributed by atoms with Gasteiger partial charge in [-0.1, -0.05) is 30.7 Å². The van der Waals surface area contributed by atoms with Crippen molar-refractivity contribution in [2.75, 3.05) is 17.2 Å². The zero-order valence-electron chi connectivity index (χ0n) is 14.9. The molecule has 1 amide bonds. The summed E-state index contributed by atoms with van der Waals surface area (Å²) >= 11 is 5.81. The second-order valence-electron chi connectivity index (χ2n) is 5.90. The predicted octanol–water partition coefficient (Wildman–Crippen LogP) is 5.06. The molecule has 0 saturated carbocycles. The Hall–Kier alpha value is -3.05. The molecule has 1 heterocycles. The van der Waals surface area contributed by atoms with E-state index in [4.69, 9.17) is 16.3 Å². The van der Waals surface area contributed by atoms with Crippen molar-refractivity contribution in [3.63, 3.8) is 0 Å². The molecule has 0 bridgehead atoms. The molecule has 0 unspecified atom stereocenters. The summed E-state index contributed by atoms with van der Waals surface area (Å²) in [6.45, 7) is 2.03. The van der Waals surface area contributed by atoms with Gasteiger partial charge in [0.1, 0.15) is 11.6 Å². The third-order valence-electron chi connectivity index (χ3n) is 3.87. The normalized spacial score (nSPS) is 10.3. The molecule has 5 nitrogen and oxygen atoms in total. The number of aromatic nitrogens is 1. The number of nitrogens with one attached hydrogen (secondary N) is 2. The molecule has 0 aliphatic heterocycles. The summed E-state index contributed by atoms with van der Waals surface area (Å²) in [5, 5.41) is 6.60. The first-order chi connectivity index (χ1) is 13.1. The molecule has 27 heavy (non-hydrogen) atoms. The number of amides is 1. The third kappa shape index (κ3) is 5.72. The Labute approximate surface area is 163 Å². The molecule has 0 fully saturated rings. The molecular formula is C21H20ClN3O2. The van der Waals surface area contributed by atoms with Crippen molar-refractivity contribution in [2.45, 2.75) is 13.3 Å². The average molecular weight is 382 g/mol. The summed E-state index contributed by atoms with van der Waals surface area (Å²) in [4.78, 5) is 16.3. The minimum absolute atomic E-state index is 0.0919. The highest BCUT2D eigenvalue weighted by molar-refractivity contribution is 6.30. The molecule has 0 radical (unpaired) electrons. The molecule has 0 atom stereocenters. The molecule has 3 aromatic rings. The highest BCUT2D eigenvalue weighted by atomic mass is 35.5. The van der Waals surface area contributed by atoms with Gasteiger partial charge in [0, 0.05) is 10.7 Å². The van der Waals surface area contributed by atoms with E-state index in [1.165, 1.54) is 5.56 Å². The third-order valence-corrected chi connectivity index (χ3v) is 4.12. The van der Waals surface area contributed by atoms with E-state index >= 15 is 0 Å². The number of carbonyl (C=O) groups excluding carboxylic acids is 1. The SMILES string of the molecule is CCc1ccc(Nc2ccc(NC(=O)COc3ccc(Cl)cc3)cn2)cc1. The van der Waals surface area contributed by atoms with Gasteiger partial charge in [-0.25, -0.2) is 4.98 Å². The highest BCUT2D eigenvalue weighted by Crippen LogP contribution is 2.18. The van der Waals surface area contributed by atoms with Crippen molar-refractivity contribution in [2.24, 2.45) is 0 Å². The van der Waals surface area contributed by atoms with E-state index in [-0.39, 0.29) is 12.5 Å². The molecule has 3 rings (SSSR count). The van der Waals surface area contributed by atoms with Gasteiger partial charge in [-0.05, 0) is 60.5 Å². The summed E-state index contributed by atoms with van der Waals surface area (Å²) < 4.78 is 5.41. The number of pyridine rings is 1. The Kier molecular flexibility index (Phi) is 6.28. The monoisotopic (exact) mass is 381 g/mol. The molecule has 0 spiro atoms. The second kappa shape index (κ2) is 9.05. The van der Waals surface area contributed by atoms with Gasteiger partial charge in [-0.2, -0.15) is 0 Å². The molecule has 0 aliphatic rings. The fourth-order valence-corrected chi connectivity index (χ4v) is 2.52. The van der Waals surface area contributed by atoms with Gasteiger partial charge in [0.2, 0.25) is 0 Å². The molecule has 2 N–H and O–H groups in total. The van der Waals surface area contributed by atoms with Crippen LogP contribution < -0.4 is 15.4 Å². The van der Waals surface area contributed by atoms with Crippen LogP contribution in [0.2, 0.25) is 5.02 Å². The van der Waals surface area contributed by atoms with Crippen LogP contribution in [-0.4, -0.2) is 17.5 Å². The van der Waals surface area contributed by atoms with Gasteiger partial charge in [0.15, 0.2) is 6.61 Å². The quantitative estimate of drug-likeness (QED) is 0.600. The lowest BCUT2D eigenvalue weighted by Crippen LogP contribution is -2.20. The zero-order chi connectivity index (χ0) is 19.1. The molecular weight excluding hydrogens is 362 g/mol. The summed E-state index contributed by atoms with van der Waals surface area (Å²) in [7, 11) is 0. The number of ether oxygens (including phenoxy) is 1. The van der Waals surface area contributed by atoms with Gasteiger partial charge < -0.3 is 15.4 Å². The van der Waals surface area contributed by atoms with E-state index in [1.54, 1.807) is 36.5 Å². The number of anilines is 3. The lowest BCUT2D eigenvalue weighted by molar-refractivity contribution is -0.118. The number of hydrogen-bond acceptors (Lipinski definition) is 4. The van der Waals surface area contributed by atoms with Gasteiger partial charge in [0.05, 0.1) is 11.9 Å². The summed E-state index contributed by atoms with van der Waals surface area (Å²) in [5.41, 5.74) is 2.85. The number of aryl methyl sites for hydroxylation is 1. The fraction of sp³-hybridized carbons (Fsp3) is 0.143. The maximum absolute atomic E-state index is 12.0. The molecule has 2 aromatic carbocycles. The number of carbonyl (C=O) groups is 1. The van der Waals surface area contributed by atoms with Gasteiger partial charge in [-0.3, -0.25) is 4.79 Å².